The molecular weight excluding hydrogens is 188 g/mol. The highest BCUT2D eigenvalue weighted by Crippen LogP contribution is 2.15. The van der Waals surface area contributed by atoms with Crippen LogP contribution in [0.25, 0.3) is 0 Å². The third-order valence-electron chi connectivity index (χ3n) is 2.83. The first kappa shape index (κ1) is 10.4. The molecule has 1 saturated heterocycles. The highest BCUT2D eigenvalue weighted by Gasteiger charge is 2.12. The molecule has 0 aromatic carbocycles. The number of nitrogens with zero attached hydrogens (tertiary/aromatic N) is 1. The zero-order chi connectivity index (χ0) is 10.3. The summed E-state index contributed by atoms with van der Waals surface area (Å²) in [6.07, 6.45) is 7.31. The van der Waals surface area contributed by atoms with Crippen LogP contribution in [0.15, 0.2) is 24.5 Å². The fourth-order valence-electron chi connectivity index (χ4n) is 1.95. The van der Waals surface area contributed by atoms with E-state index in [1.165, 1.54) is 19.4 Å². The molecule has 0 bridgehead atoms. The summed E-state index contributed by atoms with van der Waals surface area (Å²) in [7, 11) is 0. The molecule has 0 saturated carbocycles. The number of pyridine rings is 1. The Labute approximate surface area is 90.9 Å². The first-order valence-electron chi connectivity index (χ1n) is 5.69. The topological polar surface area (TPSA) is 34.1 Å². The van der Waals surface area contributed by atoms with E-state index in [0.29, 0.717) is 0 Å². The van der Waals surface area contributed by atoms with E-state index >= 15 is 0 Å². The second-order valence-electron chi connectivity index (χ2n) is 4.04. The number of hydrogen-bond donors (Lipinski definition) is 1. The fourth-order valence-corrected chi connectivity index (χ4v) is 1.95. The van der Waals surface area contributed by atoms with Crippen molar-refractivity contribution in [3.63, 3.8) is 0 Å². The Bertz CT molecular complexity index is 270. The molecule has 1 fully saturated rings. The van der Waals surface area contributed by atoms with Gasteiger partial charge in [0.25, 0.3) is 0 Å². The van der Waals surface area contributed by atoms with Crippen molar-refractivity contribution in [1.29, 1.82) is 0 Å². The van der Waals surface area contributed by atoms with Crippen molar-refractivity contribution >= 4 is 0 Å². The van der Waals surface area contributed by atoms with Gasteiger partial charge in [-0.1, -0.05) is 0 Å². The Hall–Kier alpha value is -1.09. The van der Waals surface area contributed by atoms with Crippen molar-refractivity contribution < 1.29 is 4.74 Å². The molecule has 3 nitrogen and oxygen atoms in total. The summed E-state index contributed by atoms with van der Waals surface area (Å²) in [4.78, 5) is 4.01. The van der Waals surface area contributed by atoms with Crippen molar-refractivity contribution in [2.75, 3.05) is 19.7 Å². The third-order valence-corrected chi connectivity index (χ3v) is 2.83. The average molecular weight is 206 g/mol. The predicted molar refractivity (Wildman–Crippen MR) is 59.9 cm³/mol. The van der Waals surface area contributed by atoms with Gasteiger partial charge in [0, 0.05) is 6.20 Å². The summed E-state index contributed by atoms with van der Waals surface area (Å²) in [5, 5.41) is 3.42. The maximum Gasteiger partial charge on any atom is 0.137 e. The first-order valence-corrected chi connectivity index (χ1v) is 5.69. The highest BCUT2D eigenvalue weighted by atomic mass is 16.5. The van der Waals surface area contributed by atoms with E-state index in [1.54, 1.807) is 12.4 Å². The molecule has 1 N–H and O–H groups in total. The maximum atomic E-state index is 5.62. The summed E-state index contributed by atoms with van der Waals surface area (Å²) in [5.74, 6) is 1.66. The van der Waals surface area contributed by atoms with E-state index in [-0.39, 0.29) is 0 Å². The van der Waals surface area contributed by atoms with Crippen molar-refractivity contribution in [2.45, 2.75) is 19.3 Å². The van der Waals surface area contributed by atoms with E-state index in [4.69, 9.17) is 4.74 Å². The van der Waals surface area contributed by atoms with Crippen LogP contribution in [0.3, 0.4) is 0 Å². The third kappa shape index (κ3) is 3.51. The maximum absolute atomic E-state index is 5.62. The molecule has 2 heterocycles. The largest absolute Gasteiger partial charge is 0.492 e. The van der Waals surface area contributed by atoms with Gasteiger partial charge < -0.3 is 10.1 Å². The van der Waals surface area contributed by atoms with Gasteiger partial charge in [0.05, 0.1) is 12.8 Å². The Kier molecular flexibility index (Phi) is 3.97. The number of hydrogen-bond acceptors (Lipinski definition) is 3. The van der Waals surface area contributed by atoms with Crippen molar-refractivity contribution in [3.05, 3.63) is 24.5 Å². The van der Waals surface area contributed by atoms with Crippen molar-refractivity contribution in [1.82, 2.24) is 10.3 Å². The lowest BCUT2D eigenvalue weighted by atomic mass is 9.97. The van der Waals surface area contributed by atoms with Gasteiger partial charge in [-0.2, -0.15) is 0 Å². The van der Waals surface area contributed by atoms with Crippen molar-refractivity contribution in [2.24, 2.45) is 5.92 Å². The van der Waals surface area contributed by atoms with Gasteiger partial charge in [0.2, 0.25) is 0 Å². The molecule has 2 rings (SSSR count). The number of nitrogens with one attached hydrogen (secondary N) is 1. The molecule has 1 aliphatic rings. The van der Waals surface area contributed by atoms with E-state index in [0.717, 1.165) is 31.2 Å². The summed E-state index contributed by atoms with van der Waals surface area (Å²) < 4.78 is 5.62. The fraction of sp³-hybridized carbons (Fsp3) is 0.583. The number of piperidine rings is 1. The van der Waals surface area contributed by atoms with Gasteiger partial charge in [0.1, 0.15) is 5.75 Å². The normalized spacial score (nSPS) is 21.2. The molecule has 0 spiro atoms. The first-order chi connectivity index (χ1) is 7.45. The van der Waals surface area contributed by atoms with Gasteiger partial charge in [0.15, 0.2) is 0 Å². The van der Waals surface area contributed by atoms with E-state index < -0.39 is 0 Å². The molecule has 0 aliphatic carbocycles. The van der Waals surface area contributed by atoms with Gasteiger partial charge in [-0.05, 0) is 50.4 Å². The van der Waals surface area contributed by atoms with E-state index in [1.807, 2.05) is 12.1 Å². The molecule has 1 aromatic rings. The zero-order valence-electron chi connectivity index (χ0n) is 8.98. The Morgan fingerprint density at radius 3 is 3.27 bits per heavy atom. The molecule has 15 heavy (non-hydrogen) atoms. The summed E-state index contributed by atoms with van der Waals surface area (Å²) >= 11 is 0. The minimum Gasteiger partial charge on any atom is -0.492 e. The predicted octanol–water partition coefficient (Wildman–Crippen LogP) is 1.85. The van der Waals surface area contributed by atoms with Crippen LogP contribution in [0.5, 0.6) is 5.75 Å². The molecule has 82 valence electrons. The molecule has 0 amide bonds. The standard InChI is InChI=1S/C12H18N2O/c1-3-11(9-13-6-1)5-8-15-12-4-2-7-14-10-12/h2,4,7,10-11,13H,1,3,5-6,8-9H2. The SMILES string of the molecule is c1cncc(OCCC2CCCNC2)c1. The molecule has 1 unspecified atom stereocenters. The number of rotatable bonds is 4. The molecule has 1 atom stereocenters. The average Bonchev–Trinajstić information content (AvgIpc) is 2.32. The van der Waals surface area contributed by atoms with E-state index in [9.17, 15) is 0 Å². The highest BCUT2D eigenvalue weighted by molar-refractivity contribution is 5.15. The molecule has 1 aromatic heterocycles. The van der Waals surface area contributed by atoms with Crippen LogP contribution in [0, 0.1) is 5.92 Å². The van der Waals surface area contributed by atoms with Crippen LogP contribution in [-0.2, 0) is 0 Å². The zero-order valence-corrected chi connectivity index (χ0v) is 8.98. The van der Waals surface area contributed by atoms with Crippen LogP contribution in [0.1, 0.15) is 19.3 Å². The van der Waals surface area contributed by atoms with E-state index in [2.05, 4.69) is 10.3 Å². The van der Waals surface area contributed by atoms with Crippen LogP contribution in [0.2, 0.25) is 0 Å². The number of ether oxygens (including phenoxy) is 1. The lowest BCUT2D eigenvalue weighted by molar-refractivity contribution is 0.253. The quantitative estimate of drug-likeness (QED) is 0.816. The van der Waals surface area contributed by atoms with Crippen LogP contribution in [0.4, 0.5) is 0 Å². The summed E-state index contributed by atoms with van der Waals surface area (Å²) in [6, 6.07) is 3.85. The second-order valence-corrected chi connectivity index (χ2v) is 4.04. The lowest BCUT2D eigenvalue weighted by Gasteiger charge is -2.22. The lowest BCUT2D eigenvalue weighted by Crippen LogP contribution is -2.30. The molecule has 1 aliphatic heterocycles. The molecule has 0 radical (unpaired) electrons. The summed E-state index contributed by atoms with van der Waals surface area (Å²) in [5.41, 5.74) is 0. The number of aromatic nitrogens is 1. The minimum atomic E-state index is 0.787. The smallest absolute Gasteiger partial charge is 0.137 e. The van der Waals surface area contributed by atoms with Crippen LogP contribution >= 0.6 is 0 Å². The van der Waals surface area contributed by atoms with Crippen LogP contribution < -0.4 is 10.1 Å². The van der Waals surface area contributed by atoms with Crippen LogP contribution in [-0.4, -0.2) is 24.7 Å². The van der Waals surface area contributed by atoms with Gasteiger partial charge >= 0.3 is 0 Å². The molecular formula is C12H18N2O. The second kappa shape index (κ2) is 5.71. The summed E-state index contributed by atoms with van der Waals surface area (Å²) in [6.45, 7) is 3.13. The van der Waals surface area contributed by atoms with Gasteiger partial charge in [-0.25, -0.2) is 0 Å². The Morgan fingerprint density at radius 2 is 2.53 bits per heavy atom. The van der Waals surface area contributed by atoms with Crippen molar-refractivity contribution in [3.8, 4) is 5.75 Å². The Balaban J connectivity index is 1.66. The Morgan fingerprint density at radius 1 is 1.53 bits per heavy atom. The van der Waals surface area contributed by atoms with Gasteiger partial charge in [-0.15, -0.1) is 0 Å². The minimum absolute atomic E-state index is 0.787. The van der Waals surface area contributed by atoms with Gasteiger partial charge in [-0.3, -0.25) is 4.98 Å². The molecule has 3 heteroatoms. The monoisotopic (exact) mass is 206 g/mol.